The SMILES string of the molecule is Cc1nccc(-c2cccc(NS(=O)(=O)N3CCc4ccccc4C3)c2)n1. The summed E-state index contributed by atoms with van der Waals surface area (Å²) in [6, 6.07) is 17.0. The van der Waals surface area contributed by atoms with Gasteiger partial charge in [-0.15, -0.1) is 0 Å². The van der Waals surface area contributed by atoms with Crippen LogP contribution < -0.4 is 4.72 Å². The fraction of sp³-hybridized carbons (Fsp3) is 0.200. The number of hydrogen-bond acceptors (Lipinski definition) is 4. The maximum atomic E-state index is 12.9. The quantitative estimate of drug-likeness (QED) is 0.754. The number of hydrogen-bond donors (Lipinski definition) is 1. The summed E-state index contributed by atoms with van der Waals surface area (Å²) in [6.45, 7) is 2.68. The van der Waals surface area contributed by atoms with E-state index in [0.717, 1.165) is 23.2 Å². The van der Waals surface area contributed by atoms with Gasteiger partial charge in [-0.3, -0.25) is 4.72 Å². The van der Waals surface area contributed by atoms with Crippen LogP contribution in [-0.4, -0.2) is 29.2 Å². The van der Waals surface area contributed by atoms with Crippen molar-refractivity contribution in [3.05, 3.63) is 77.7 Å². The minimum Gasteiger partial charge on any atom is -0.271 e. The Morgan fingerprint density at radius 1 is 1.04 bits per heavy atom. The third kappa shape index (κ3) is 3.84. The summed E-state index contributed by atoms with van der Waals surface area (Å²) in [5.74, 6) is 0.672. The molecular formula is C20H20N4O2S. The lowest BCUT2D eigenvalue weighted by Gasteiger charge is -2.28. The Kier molecular flexibility index (Phi) is 4.63. The highest BCUT2D eigenvalue weighted by Crippen LogP contribution is 2.24. The summed E-state index contributed by atoms with van der Waals surface area (Å²) in [5.41, 5.74) is 4.38. The Hall–Kier alpha value is -2.77. The minimum atomic E-state index is -3.64. The molecule has 0 radical (unpaired) electrons. The van der Waals surface area contributed by atoms with Crippen LogP contribution in [0.25, 0.3) is 11.3 Å². The largest absolute Gasteiger partial charge is 0.301 e. The zero-order valence-corrected chi connectivity index (χ0v) is 15.8. The second-order valence-corrected chi connectivity index (χ2v) is 8.20. The minimum absolute atomic E-state index is 0.385. The van der Waals surface area contributed by atoms with Crippen LogP contribution in [0, 0.1) is 6.92 Å². The van der Waals surface area contributed by atoms with E-state index in [1.807, 2.05) is 43.3 Å². The van der Waals surface area contributed by atoms with Crippen molar-refractivity contribution in [2.45, 2.75) is 19.9 Å². The molecule has 0 unspecified atom stereocenters. The average Bonchev–Trinajstić information content (AvgIpc) is 2.67. The van der Waals surface area contributed by atoms with Crippen LogP contribution >= 0.6 is 0 Å². The highest BCUT2D eigenvalue weighted by Gasteiger charge is 2.26. The molecule has 27 heavy (non-hydrogen) atoms. The first kappa shape index (κ1) is 17.6. The molecule has 0 bridgehead atoms. The fourth-order valence-electron chi connectivity index (χ4n) is 3.25. The standard InChI is InChI=1S/C20H20N4O2S/c1-15-21-11-9-20(22-15)17-7-4-8-19(13-17)23-27(25,26)24-12-10-16-5-2-3-6-18(16)14-24/h2-9,11,13,23H,10,12,14H2,1H3. The van der Waals surface area contributed by atoms with Crippen molar-refractivity contribution >= 4 is 15.9 Å². The van der Waals surface area contributed by atoms with Crippen molar-refractivity contribution in [2.75, 3.05) is 11.3 Å². The van der Waals surface area contributed by atoms with E-state index >= 15 is 0 Å². The van der Waals surface area contributed by atoms with Gasteiger partial charge in [0, 0.05) is 24.8 Å². The van der Waals surface area contributed by atoms with Gasteiger partial charge < -0.3 is 0 Å². The molecular weight excluding hydrogens is 360 g/mol. The molecule has 1 aliphatic heterocycles. The van der Waals surface area contributed by atoms with Gasteiger partial charge in [0.1, 0.15) is 5.82 Å². The highest BCUT2D eigenvalue weighted by molar-refractivity contribution is 7.90. The van der Waals surface area contributed by atoms with Crippen molar-refractivity contribution < 1.29 is 8.42 Å². The van der Waals surface area contributed by atoms with E-state index in [1.165, 1.54) is 9.87 Å². The van der Waals surface area contributed by atoms with E-state index < -0.39 is 10.2 Å². The summed E-state index contributed by atoms with van der Waals surface area (Å²) in [5, 5.41) is 0. The first-order chi connectivity index (χ1) is 13.0. The van der Waals surface area contributed by atoms with Gasteiger partial charge in [-0.25, -0.2) is 9.97 Å². The maximum absolute atomic E-state index is 12.9. The van der Waals surface area contributed by atoms with Crippen molar-refractivity contribution in [1.29, 1.82) is 0 Å². The molecule has 0 amide bonds. The molecule has 0 saturated heterocycles. The smallest absolute Gasteiger partial charge is 0.271 e. The van der Waals surface area contributed by atoms with E-state index in [1.54, 1.807) is 18.3 Å². The average molecular weight is 380 g/mol. The molecule has 7 heteroatoms. The molecule has 0 fully saturated rings. The number of fused-ring (bicyclic) bond motifs is 1. The van der Waals surface area contributed by atoms with Gasteiger partial charge >= 0.3 is 10.2 Å². The molecule has 2 aromatic carbocycles. The Labute approximate surface area is 159 Å². The van der Waals surface area contributed by atoms with Gasteiger partial charge in [0.05, 0.1) is 11.4 Å². The van der Waals surface area contributed by atoms with Crippen LogP contribution in [0.3, 0.4) is 0 Å². The zero-order valence-electron chi connectivity index (χ0n) is 15.0. The topological polar surface area (TPSA) is 75.2 Å². The molecule has 2 heterocycles. The van der Waals surface area contributed by atoms with Crippen molar-refractivity contribution in [3.8, 4) is 11.3 Å². The fourth-order valence-corrected chi connectivity index (χ4v) is 4.44. The molecule has 4 rings (SSSR count). The van der Waals surface area contributed by atoms with Crippen LogP contribution in [0.1, 0.15) is 17.0 Å². The second-order valence-electron chi connectivity index (χ2n) is 6.53. The first-order valence-electron chi connectivity index (χ1n) is 8.76. The third-order valence-corrected chi connectivity index (χ3v) is 6.10. The Morgan fingerprint density at radius 3 is 2.67 bits per heavy atom. The number of nitrogens with zero attached hydrogens (tertiary/aromatic N) is 3. The lowest BCUT2D eigenvalue weighted by Crippen LogP contribution is -2.39. The molecule has 0 saturated carbocycles. The summed E-state index contributed by atoms with van der Waals surface area (Å²) in [7, 11) is -3.64. The molecule has 0 aliphatic carbocycles. The normalized spacial score (nSPS) is 14.6. The van der Waals surface area contributed by atoms with Crippen LogP contribution in [0.15, 0.2) is 60.8 Å². The summed E-state index contributed by atoms with van der Waals surface area (Å²) >= 11 is 0. The van der Waals surface area contributed by atoms with Crippen LogP contribution in [0.2, 0.25) is 0 Å². The van der Waals surface area contributed by atoms with E-state index in [9.17, 15) is 8.42 Å². The monoisotopic (exact) mass is 380 g/mol. The van der Waals surface area contributed by atoms with Gasteiger partial charge in [-0.2, -0.15) is 12.7 Å². The summed E-state index contributed by atoms with van der Waals surface area (Å²) in [4.78, 5) is 8.49. The number of rotatable bonds is 4. The van der Waals surface area contributed by atoms with Gasteiger partial charge in [0.25, 0.3) is 0 Å². The van der Waals surface area contributed by atoms with E-state index in [-0.39, 0.29) is 0 Å². The van der Waals surface area contributed by atoms with E-state index in [0.29, 0.717) is 24.6 Å². The van der Waals surface area contributed by atoms with Crippen molar-refractivity contribution in [3.63, 3.8) is 0 Å². The summed E-state index contributed by atoms with van der Waals surface area (Å²) in [6.07, 6.45) is 2.41. The lowest BCUT2D eigenvalue weighted by molar-refractivity contribution is 0.394. The Balaban J connectivity index is 1.56. The Bertz CT molecular complexity index is 1080. The van der Waals surface area contributed by atoms with Crippen LogP contribution in [-0.2, 0) is 23.2 Å². The zero-order chi connectivity index (χ0) is 18.9. The van der Waals surface area contributed by atoms with Crippen LogP contribution in [0.4, 0.5) is 5.69 Å². The first-order valence-corrected chi connectivity index (χ1v) is 10.2. The molecule has 3 aromatic rings. The molecule has 1 N–H and O–H groups in total. The number of aryl methyl sites for hydroxylation is 1. The van der Waals surface area contributed by atoms with Crippen molar-refractivity contribution in [2.24, 2.45) is 0 Å². The van der Waals surface area contributed by atoms with Gasteiger partial charge in [0.2, 0.25) is 0 Å². The highest BCUT2D eigenvalue weighted by atomic mass is 32.2. The Morgan fingerprint density at radius 2 is 1.85 bits per heavy atom. The molecule has 1 aromatic heterocycles. The lowest BCUT2D eigenvalue weighted by atomic mass is 10.0. The molecule has 6 nitrogen and oxygen atoms in total. The second kappa shape index (κ2) is 7.09. The van der Waals surface area contributed by atoms with Crippen LogP contribution in [0.5, 0.6) is 0 Å². The molecule has 138 valence electrons. The third-order valence-electron chi connectivity index (χ3n) is 4.62. The number of anilines is 1. The number of aromatic nitrogens is 2. The predicted molar refractivity (Wildman–Crippen MR) is 105 cm³/mol. The van der Waals surface area contributed by atoms with Crippen molar-refractivity contribution in [1.82, 2.24) is 14.3 Å². The van der Waals surface area contributed by atoms with Gasteiger partial charge in [0.15, 0.2) is 0 Å². The maximum Gasteiger partial charge on any atom is 0.301 e. The van der Waals surface area contributed by atoms with Gasteiger partial charge in [-0.1, -0.05) is 36.4 Å². The number of benzene rings is 2. The number of nitrogens with one attached hydrogen (secondary N) is 1. The molecule has 1 aliphatic rings. The van der Waals surface area contributed by atoms with E-state index in [4.69, 9.17) is 0 Å². The summed E-state index contributed by atoms with van der Waals surface area (Å²) < 4.78 is 29.9. The van der Waals surface area contributed by atoms with E-state index in [2.05, 4.69) is 20.8 Å². The van der Waals surface area contributed by atoms with Gasteiger partial charge in [-0.05, 0) is 42.7 Å². The predicted octanol–water partition coefficient (Wildman–Crippen LogP) is 3.17. The molecule has 0 spiro atoms. The molecule has 0 atom stereocenters.